The van der Waals surface area contributed by atoms with Gasteiger partial charge >= 0.3 is 0 Å². The molecule has 3 aliphatic carbocycles. The van der Waals surface area contributed by atoms with Gasteiger partial charge in [0.1, 0.15) is 22.1 Å². The van der Waals surface area contributed by atoms with E-state index < -0.39 is 0 Å². The van der Waals surface area contributed by atoms with Gasteiger partial charge < -0.3 is 0 Å². The zero-order chi connectivity index (χ0) is 69.3. The van der Waals surface area contributed by atoms with Gasteiger partial charge in [0.25, 0.3) is 0 Å². The van der Waals surface area contributed by atoms with Gasteiger partial charge in [-0.3, -0.25) is 0 Å². The summed E-state index contributed by atoms with van der Waals surface area (Å²) in [6.45, 7) is 24.3. The Bertz CT molecular complexity index is 4310. The molecule has 0 saturated heterocycles. The van der Waals surface area contributed by atoms with Crippen LogP contribution in [0.1, 0.15) is 286 Å². The van der Waals surface area contributed by atoms with Crippen molar-refractivity contribution in [3.63, 3.8) is 0 Å². The van der Waals surface area contributed by atoms with Gasteiger partial charge in [0.05, 0.1) is 23.5 Å². The summed E-state index contributed by atoms with van der Waals surface area (Å²) in [5.74, 6) is 3.27. The molecule has 3 aliphatic rings. The highest BCUT2D eigenvalue weighted by Crippen LogP contribution is 2.69. The lowest BCUT2D eigenvalue weighted by atomic mass is 9.59. The molecule has 0 bridgehead atoms. The highest BCUT2D eigenvalue weighted by atomic mass is 32.1. The summed E-state index contributed by atoms with van der Waals surface area (Å²) in [7, 11) is 0. The number of aryl methyl sites for hydroxylation is 2. The van der Waals surface area contributed by atoms with Crippen LogP contribution in [-0.2, 0) is 23.7 Å². The molecule has 2 aromatic carbocycles. The number of aromatic nitrogens is 4. The molecule has 6 unspecified atom stereocenters. The van der Waals surface area contributed by atoms with Gasteiger partial charge in [0.2, 0.25) is 0 Å². The van der Waals surface area contributed by atoms with Crippen LogP contribution in [0.5, 0.6) is 0 Å². The first-order valence-electron chi connectivity index (χ1n) is 39.7. The Labute approximate surface area is 633 Å². The second-order valence-electron chi connectivity index (χ2n) is 30.4. The Balaban J connectivity index is 0.946. The third-order valence-electron chi connectivity index (χ3n) is 23.8. The van der Waals surface area contributed by atoms with Crippen molar-refractivity contribution in [1.82, 2.24) is 17.5 Å². The van der Waals surface area contributed by atoms with Crippen LogP contribution in [-0.4, -0.2) is 17.5 Å². The van der Waals surface area contributed by atoms with Crippen molar-refractivity contribution < 1.29 is 0 Å². The summed E-state index contributed by atoms with van der Waals surface area (Å²) in [6, 6.07) is 34.1. The lowest BCUT2D eigenvalue weighted by Crippen LogP contribution is -2.38. The van der Waals surface area contributed by atoms with Crippen LogP contribution in [0.15, 0.2) is 103 Å². The second-order valence-corrected chi connectivity index (χ2v) is 38.1. The van der Waals surface area contributed by atoms with Crippen LogP contribution in [0, 0.1) is 29.6 Å². The number of allylic oxidation sites excluding steroid dienone is 4. The van der Waals surface area contributed by atoms with Gasteiger partial charge in [-0.25, -0.2) is 0 Å². The zero-order valence-electron chi connectivity index (χ0n) is 62.0. The first-order chi connectivity index (χ1) is 49.1. The largest absolute Gasteiger partial charge is 0.172 e. The molecule has 0 saturated carbocycles. The average Bonchev–Trinajstić information content (AvgIpc) is 1.52. The monoisotopic (exact) mass is 1480 g/mol. The average molecular weight is 1480 g/mol. The number of fused-ring (bicyclic) bond motifs is 8. The molecule has 4 nitrogen and oxygen atoms in total. The predicted octanol–water partition coefficient (Wildman–Crippen LogP) is 31.0. The Morgan fingerprint density at radius 2 is 0.750 bits per heavy atom. The minimum absolute atomic E-state index is 0.0157. The van der Waals surface area contributed by atoms with Crippen LogP contribution in [0.25, 0.3) is 88.9 Å². The smallest absolute Gasteiger partial charge is 0.114 e. The molecule has 100 heavy (non-hydrogen) atoms. The standard InChI is InChI=1S/C88H112N4S8/c1-11-21-27-29-35-61-37-43-75(93-61)77-47-45-73(95-77)63-39-41-65(83-81(63)89-99-91-83)79-51-71-85(97-79)67-49-70-68(50-69(67)87(71,53-57(17-7)31-23-13-3)54-58(18-8)32-24-14-4)86-72(88(70,55-59(19-9)33-25-15-5)56-60(20-10)34-26-16-6)52-80(98-86)66-42-40-64(82-84(66)92-100-90-82)74-46-48-78(96-74)76-44-38-62(94-76)36-30-28-22-12-2/h37-52,57-60,67,69H,11-36,53-56H2,1-10H3. The van der Waals surface area contributed by atoms with E-state index in [1.807, 2.05) is 45.3 Å². The molecule has 0 radical (unpaired) electrons. The number of hydrogen-bond acceptors (Lipinski definition) is 12. The van der Waals surface area contributed by atoms with E-state index in [1.165, 1.54) is 287 Å². The van der Waals surface area contributed by atoms with Crippen molar-refractivity contribution in [3.05, 3.63) is 133 Å². The molecular formula is C88H112N4S8. The molecule has 8 heterocycles. The van der Waals surface area contributed by atoms with Crippen LogP contribution < -0.4 is 0 Å². The summed E-state index contributed by atoms with van der Waals surface area (Å²) < 4.78 is 20.9. The third-order valence-corrected chi connectivity index (χ3v) is 32.3. The van der Waals surface area contributed by atoms with Crippen molar-refractivity contribution in [3.8, 4) is 61.3 Å². The number of nitrogens with zero attached hydrogens (tertiary/aromatic N) is 4. The molecular weight excluding hydrogens is 1370 g/mol. The first kappa shape index (κ1) is 74.0. The highest BCUT2D eigenvalue weighted by Gasteiger charge is 2.58. The lowest BCUT2D eigenvalue weighted by molar-refractivity contribution is 0.184. The molecule has 0 spiro atoms. The highest BCUT2D eigenvalue weighted by molar-refractivity contribution is 7.24. The Hall–Kier alpha value is -4.24. The van der Waals surface area contributed by atoms with E-state index in [2.05, 4.69) is 189 Å². The van der Waals surface area contributed by atoms with Crippen LogP contribution in [0.2, 0.25) is 0 Å². The van der Waals surface area contributed by atoms with Gasteiger partial charge in [-0.2, -0.15) is 17.5 Å². The SMILES string of the molecule is CCCCCCc1ccc(-c2ccc(-c3ccc(-c4cc5c(s4)C4=CC6C(C=C4C5(CC(CC)CCCC)CC(CC)CCCC)c4sc(-c5ccc(-c7ccc(-c8ccc(CCCCCC)s8)s7)c7nsnc57)cc4C6(CC(CC)CCCC)CC(CC)CCCC)c4nsnc34)s2)s1. The van der Waals surface area contributed by atoms with Gasteiger partial charge in [-0.05, 0) is 164 Å². The van der Waals surface area contributed by atoms with E-state index in [9.17, 15) is 0 Å². The van der Waals surface area contributed by atoms with Gasteiger partial charge in [0, 0.05) is 97.5 Å². The summed E-state index contributed by atoms with van der Waals surface area (Å²) in [5.41, 5.74) is 15.7. The molecule has 8 aromatic heterocycles. The van der Waals surface area contributed by atoms with Crippen molar-refractivity contribution in [2.24, 2.45) is 29.6 Å². The molecule has 0 N–H and O–H groups in total. The van der Waals surface area contributed by atoms with Crippen LogP contribution in [0.3, 0.4) is 0 Å². The Morgan fingerprint density at radius 1 is 0.360 bits per heavy atom. The zero-order valence-corrected chi connectivity index (χ0v) is 68.5. The normalized spacial score (nSPS) is 19.1. The number of unbranched alkanes of at least 4 members (excludes halogenated alkanes) is 10. The fraction of sp³-hybridized carbons (Fsp3) is 0.545. The number of rotatable bonds is 40. The fourth-order valence-electron chi connectivity index (χ4n) is 18.1. The molecule has 0 amide bonds. The van der Waals surface area contributed by atoms with E-state index in [1.54, 1.807) is 32.0 Å². The summed E-state index contributed by atoms with van der Waals surface area (Å²) in [4.78, 5) is 17.0. The summed E-state index contributed by atoms with van der Waals surface area (Å²) in [6.07, 6.45) is 44.0. The topological polar surface area (TPSA) is 51.6 Å². The first-order valence-corrected chi connectivity index (χ1v) is 46.0. The van der Waals surface area contributed by atoms with Gasteiger partial charge in [-0.1, -0.05) is 247 Å². The summed E-state index contributed by atoms with van der Waals surface area (Å²) >= 11 is 14.8. The van der Waals surface area contributed by atoms with Gasteiger partial charge in [0.15, 0.2) is 0 Å². The molecule has 6 atom stereocenters. The third kappa shape index (κ3) is 15.3. The van der Waals surface area contributed by atoms with E-state index >= 15 is 0 Å². The second kappa shape index (κ2) is 34.3. The maximum absolute atomic E-state index is 5.28. The summed E-state index contributed by atoms with van der Waals surface area (Å²) in [5, 5.41) is 0. The molecule has 10 aromatic rings. The van der Waals surface area contributed by atoms with Crippen molar-refractivity contribution in [2.45, 2.75) is 279 Å². The number of hydrogen-bond donors (Lipinski definition) is 0. The predicted molar refractivity (Wildman–Crippen MR) is 448 cm³/mol. The number of thiophene rings is 6. The number of benzene rings is 2. The maximum Gasteiger partial charge on any atom is 0.114 e. The molecule has 0 fully saturated rings. The van der Waals surface area contributed by atoms with E-state index in [0.29, 0.717) is 35.5 Å². The molecule has 0 aliphatic heterocycles. The van der Waals surface area contributed by atoms with Gasteiger partial charge in [-0.15, -0.1) is 68.0 Å². The maximum atomic E-state index is 5.28. The van der Waals surface area contributed by atoms with Crippen LogP contribution >= 0.6 is 91.5 Å². The van der Waals surface area contributed by atoms with Crippen molar-refractivity contribution in [2.75, 3.05) is 0 Å². The quantitative estimate of drug-likeness (QED) is 0.0359. The van der Waals surface area contributed by atoms with E-state index in [4.69, 9.17) is 17.5 Å². The lowest BCUT2D eigenvalue weighted by Gasteiger charge is -2.44. The Kier molecular flexibility index (Phi) is 25.4. The van der Waals surface area contributed by atoms with Crippen LogP contribution in [0.4, 0.5) is 0 Å². The van der Waals surface area contributed by atoms with Crippen molar-refractivity contribution >= 4 is 119 Å². The molecule has 12 heteroatoms. The van der Waals surface area contributed by atoms with E-state index in [-0.39, 0.29) is 10.8 Å². The minimum Gasteiger partial charge on any atom is -0.172 e. The molecule has 13 rings (SSSR count). The molecule has 532 valence electrons. The fourth-order valence-corrected chi connectivity index (χ4v) is 26.3. The minimum atomic E-state index is -0.102. The van der Waals surface area contributed by atoms with Crippen molar-refractivity contribution in [1.29, 1.82) is 0 Å². The van der Waals surface area contributed by atoms with E-state index in [0.717, 1.165) is 22.1 Å². The Morgan fingerprint density at radius 3 is 1.19 bits per heavy atom.